The van der Waals surface area contributed by atoms with Gasteiger partial charge in [-0.25, -0.2) is 4.79 Å². The van der Waals surface area contributed by atoms with E-state index in [0.29, 0.717) is 12.2 Å². The minimum atomic E-state index is -0.274. The molecule has 0 fully saturated rings. The number of aromatic nitrogens is 1. The van der Waals surface area contributed by atoms with Crippen molar-refractivity contribution in [3.63, 3.8) is 0 Å². The Morgan fingerprint density at radius 1 is 1.35 bits per heavy atom. The molecule has 3 heterocycles. The number of carbonyl (C=O) groups excluding carboxylic acids is 1. The number of methoxy groups -OCH3 is 1. The molecule has 2 aliphatic rings. The zero-order chi connectivity index (χ0) is 16.0. The average molecular weight is 312 g/mol. The Bertz CT molecular complexity index is 806. The number of para-hydroxylation sites is 1. The Morgan fingerprint density at radius 2 is 2.17 bits per heavy atom. The van der Waals surface area contributed by atoms with E-state index in [4.69, 9.17) is 9.57 Å². The molecule has 5 heteroatoms. The summed E-state index contributed by atoms with van der Waals surface area (Å²) in [5.41, 5.74) is 4.31. The van der Waals surface area contributed by atoms with Gasteiger partial charge in [-0.1, -0.05) is 24.3 Å². The molecule has 1 atom stereocenters. The molecule has 23 heavy (non-hydrogen) atoms. The van der Waals surface area contributed by atoms with Crippen LogP contribution in [0.4, 0.5) is 0 Å². The predicted molar refractivity (Wildman–Crippen MR) is 86.7 cm³/mol. The number of aryl methyl sites for hydroxylation is 1. The highest BCUT2D eigenvalue weighted by Gasteiger charge is 2.38. The van der Waals surface area contributed by atoms with Crippen molar-refractivity contribution >= 4 is 16.9 Å². The molecule has 0 spiro atoms. The normalized spacial score (nSPS) is 21.3. The van der Waals surface area contributed by atoms with E-state index < -0.39 is 0 Å². The van der Waals surface area contributed by atoms with Gasteiger partial charge in [-0.3, -0.25) is 4.84 Å². The summed E-state index contributed by atoms with van der Waals surface area (Å²) in [6.07, 6.45) is 3.60. The van der Waals surface area contributed by atoms with Gasteiger partial charge in [0.05, 0.1) is 19.3 Å². The van der Waals surface area contributed by atoms with Crippen LogP contribution in [0.3, 0.4) is 0 Å². The number of benzene rings is 1. The van der Waals surface area contributed by atoms with Crippen molar-refractivity contribution in [3.05, 3.63) is 47.2 Å². The first-order chi connectivity index (χ1) is 11.2. The molecule has 4 rings (SSSR count). The van der Waals surface area contributed by atoms with Crippen LogP contribution in [-0.4, -0.2) is 35.9 Å². The van der Waals surface area contributed by atoms with Gasteiger partial charge in [0.25, 0.3) is 0 Å². The Kier molecular flexibility index (Phi) is 3.47. The Balaban J connectivity index is 1.95. The number of fused-ring (bicyclic) bond motifs is 5. The Labute approximate surface area is 135 Å². The van der Waals surface area contributed by atoms with Gasteiger partial charge in [-0.05, 0) is 24.5 Å². The number of carbonyl (C=O) groups is 1. The van der Waals surface area contributed by atoms with E-state index in [9.17, 15) is 4.79 Å². The predicted octanol–water partition coefficient (Wildman–Crippen LogP) is 2.51. The monoisotopic (exact) mass is 312 g/mol. The van der Waals surface area contributed by atoms with Gasteiger partial charge in [-0.2, -0.15) is 5.06 Å². The summed E-state index contributed by atoms with van der Waals surface area (Å²) in [4.78, 5) is 18.2. The van der Waals surface area contributed by atoms with Gasteiger partial charge in [-0.15, -0.1) is 0 Å². The van der Waals surface area contributed by atoms with Crippen molar-refractivity contribution in [2.45, 2.75) is 18.9 Å². The molecule has 0 radical (unpaired) electrons. The van der Waals surface area contributed by atoms with E-state index in [1.807, 2.05) is 17.2 Å². The maximum Gasteiger partial charge on any atom is 0.335 e. The Hall–Kier alpha value is -2.11. The number of hydrogen-bond acceptors (Lipinski definition) is 4. The Morgan fingerprint density at radius 3 is 3.00 bits per heavy atom. The first kappa shape index (κ1) is 14.5. The molecule has 2 aromatic rings. The van der Waals surface area contributed by atoms with Crippen LogP contribution in [-0.2, 0) is 27.8 Å². The van der Waals surface area contributed by atoms with Crippen molar-refractivity contribution in [3.8, 4) is 0 Å². The number of rotatable bonds is 1. The van der Waals surface area contributed by atoms with E-state index >= 15 is 0 Å². The second-order valence-electron chi connectivity index (χ2n) is 6.01. The van der Waals surface area contributed by atoms with Gasteiger partial charge in [0.1, 0.15) is 6.04 Å². The molecule has 120 valence electrons. The maximum atomic E-state index is 12.3. The fraction of sp³-hybridized carbons (Fsp3) is 0.389. The average Bonchev–Trinajstić information content (AvgIpc) is 2.75. The molecule has 1 unspecified atom stereocenters. The molecule has 0 aliphatic carbocycles. The molecule has 2 aliphatic heterocycles. The van der Waals surface area contributed by atoms with Gasteiger partial charge < -0.3 is 9.30 Å². The third kappa shape index (κ3) is 2.11. The summed E-state index contributed by atoms with van der Waals surface area (Å²) in [6, 6.07) is 8.19. The molecule has 1 aromatic carbocycles. The first-order valence-corrected chi connectivity index (χ1v) is 7.96. The third-order valence-corrected chi connectivity index (χ3v) is 4.85. The number of nitrogens with zero attached hydrogens (tertiary/aromatic N) is 2. The smallest absolute Gasteiger partial charge is 0.335 e. The summed E-state index contributed by atoms with van der Waals surface area (Å²) in [7, 11) is 3.49. The van der Waals surface area contributed by atoms with Gasteiger partial charge in [0, 0.05) is 30.2 Å². The van der Waals surface area contributed by atoms with Gasteiger partial charge in [0.2, 0.25) is 0 Å². The van der Waals surface area contributed by atoms with Crippen LogP contribution >= 0.6 is 0 Å². The SMILES string of the molecule is COC(=O)C1=CCCON2CCc3c(n(C)c4ccccc34)C12. The molecule has 1 aromatic heterocycles. The molecular formula is C18H20N2O3. The lowest BCUT2D eigenvalue weighted by Gasteiger charge is -2.35. The zero-order valence-corrected chi connectivity index (χ0v) is 13.4. The van der Waals surface area contributed by atoms with Crippen LogP contribution in [0.25, 0.3) is 10.9 Å². The highest BCUT2D eigenvalue weighted by Crippen LogP contribution is 2.41. The molecule has 0 amide bonds. The van der Waals surface area contributed by atoms with Crippen molar-refractivity contribution < 1.29 is 14.4 Å². The molecule has 0 N–H and O–H groups in total. The van der Waals surface area contributed by atoms with E-state index in [0.717, 1.165) is 25.1 Å². The van der Waals surface area contributed by atoms with Crippen LogP contribution in [0.2, 0.25) is 0 Å². The summed E-state index contributed by atoms with van der Waals surface area (Å²) in [5.74, 6) is -0.274. The summed E-state index contributed by atoms with van der Waals surface area (Å²) < 4.78 is 7.21. The quantitative estimate of drug-likeness (QED) is 0.759. The lowest BCUT2D eigenvalue weighted by Crippen LogP contribution is -2.38. The number of hydroxylamine groups is 2. The molecule has 0 saturated carbocycles. The van der Waals surface area contributed by atoms with Crippen LogP contribution < -0.4 is 0 Å². The van der Waals surface area contributed by atoms with Crippen molar-refractivity contribution in [2.24, 2.45) is 7.05 Å². The van der Waals surface area contributed by atoms with E-state index in [2.05, 4.69) is 29.8 Å². The van der Waals surface area contributed by atoms with Gasteiger partial charge in [0.15, 0.2) is 0 Å². The third-order valence-electron chi connectivity index (χ3n) is 4.85. The second-order valence-corrected chi connectivity index (χ2v) is 6.01. The van der Waals surface area contributed by atoms with Crippen LogP contribution in [0.1, 0.15) is 23.7 Å². The van der Waals surface area contributed by atoms with E-state index in [1.54, 1.807) is 0 Å². The standard InChI is InChI=1S/C18H20N2O3/c1-19-15-8-4-3-6-12(15)13-9-10-20-17(16(13)19)14(18(21)22-2)7-5-11-23-20/h3-4,6-8,17H,5,9-11H2,1-2H3. The lowest BCUT2D eigenvalue weighted by atomic mass is 9.93. The molecule has 0 bridgehead atoms. The highest BCUT2D eigenvalue weighted by molar-refractivity contribution is 5.92. The van der Waals surface area contributed by atoms with Crippen LogP contribution in [0.15, 0.2) is 35.9 Å². The summed E-state index contributed by atoms with van der Waals surface area (Å²) in [6.45, 7) is 1.37. The largest absolute Gasteiger partial charge is 0.466 e. The second kappa shape index (κ2) is 5.51. The minimum Gasteiger partial charge on any atom is -0.466 e. The summed E-state index contributed by atoms with van der Waals surface area (Å²) >= 11 is 0. The summed E-state index contributed by atoms with van der Waals surface area (Å²) in [5, 5.41) is 3.20. The highest BCUT2D eigenvalue weighted by atomic mass is 16.7. The van der Waals surface area contributed by atoms with Crippen molar-refractivity contribution in [1.29, 1.82) is 0 Å². The van der Waals surface area contributed by atoms with E-state index in [1.165, 1.54) is 23.6 Å². The van der Waals surface area contributed by atoms with Gasteiger partial charge >= 0.3 is 5.97 Å². The maximum absolute atomic E-state index is 12.3. The first-order valence-electron chi connectivity index (χ1n) is 7.96. The molecular weight excluding hydrogens is 292 g/mol. The molecule has 5 nitrogen and oxygen atoms in total. The lowest BCUT2D eigenvalue weighted by molar-refractivity contribution is -0.183. The number of hydrogen-bond donors (Lipinski definition) is 0. The fourth-order valence-electron chi connectivity index (χ4n) is 3.84. The topological polar surface area (TPSA) is 43.7 Å². The van der Waals surface area contributed by atoms with Crippen molar-refractivity contribution in [1.82, 2.24) is 9.63 Å². The zero-order valence-electron chi connectivity index (χ0n) is 13.4. The number of esters is 1. The van der Waals surface area contributed by atoms with E-state index in [-0.39, 0.29) is 12.0 Å². The number of ether oxygens (including phenoxy) is 1. The molecule has 0 saturated heterocycles. The van der Waals surface area contributed by atoms with Crippen molar-refractivity contribution in [2.75, 3.05) is 20.3 Å². The van der Waals surface area contributed by atoms with Crippen LogP contribution in [0, 0.1) is 0 Å². The van der Waals surface area contributed by atoms with Crippen LogP contribution in [0.5, 0.6) is 0 Å². The minimum absolute atomic E-state index is 0.203. The fourth-order valence-corrected chi connectivity index (χ4v) is 3.84.